The van der Waals surface area contributed by atoms with Gasteiger partial charge in [0.05, 0.1) is 11.4 Å². The molecule has 0 amide bonds. The molecule has 0 aliphatic rings. The third kappa shape index (κ3) is 4.61. The highest BCUT2D eigenvalue weighted by atomic mass is 32.2. The van der Waals surface area contributed by atoms with E-state index in [2.05, 4.69) is 5.32 Å². The lowest BCUT2D eigenvalue weighted by molar-refractivity contribution is 0.265. The number of hydrogen-bond acceptors (Lipinski definition) is 5. The molecule has 0 saturated carbocycles. The van der Waals surface area contributed by atoms with E-state index in [9.17, 15) is 8.42 Å². The average molecular weight is 309 g/mol. The van der Waals surface area contributed by atoms with E-state index in [1.54, 1.807) is 12.1 Å². The van der Waals surface area contributed by atoms with Crippen LogP contribution in [0.3, 0.4) is 0 Å². The summed E-state index contributed by atoms with van der Waals surface area (Å²) in [5, 5.41) is 3.18. The van der Waals surface area contributed by atoms with Crippen molar-refractivity contribution in [2.45, 2.75) is 25.0 Å². The molecule has 0 saturated heterocycles. The number of nitrogens with one attached hydrogen (secondary N) is 1. The maximum absolute atomic E-state index is 11.4. The van der Waals surface area contributed by atoms with Gasteiger partial charge in [-0.05, 0) is 42.9 Å². The van der Waals surface area contributed by atoms with Gasteiger partial charge in [0, 0.05) is 6.26 Å². The molecule has 1 aromatic heterocycles. The molecule has 1 N–H and O–H groups in total. The van der Waals surface area contributed by atoms with Gasteiger partial charge in [0.2, 0.25) is 0 Å². The number of furan rings is 1. The SMILES string of the molecule is CCNCc1ccc(COc2ccc(S(C)(=O)=O)cc2)o1. The molecule has 0 atom stereocenters. The van der Waals surface area contributed by atoms with Crippen LogP contribution in [0.5, 0.6) is 5.75 Å². The summed E-state index contributed by atoms with van der Waals surface area (Å²) in [6, 6.07) is 10.1. The van der Waals surface area contributed by atoms with E-state index in [1.807, 2.05) is 19.1 Å². The van der Waals surface area contributed by atoms with E-state index in [-0.39, 0.29) is 4.90 Å². The molecule has 0 spiro atoms. The van der Waals surface area contributed by atoms with Gasteiger partial charge >= 0.3 is 0 Å². The Morgan fingerprint density at radius 3 is 2.38 bits per heavy atom. The molecule has 0 fully saturated rings. The Labute approximate surface area is 124 Å². The van der Waals surface area contributed by atoms with Crippen molar-refractivity contribution in [3.05, 3.63) is 47.9 Å². The zero-order valence-electron chi connectivity index (χ0n) is 12.1. The van der Waals surface area contributed by atoms with Gasteiger partial charge in [-0.2, -0.15) is 0 Å². The summed E-state index contributed by atoms with van der Waals surface area (Å²) in [6.45, 7) is 3.93. The van der Waals surface area contributed by atoms with Crippen LogP contribution in [0.25, 0.3) is 0 Å². The van der Waals surface area contributed by atoms with Crippen molar-refractivity contribution in [2.24, 2.45) is 0 Å². The van der Waals surface area contributed by atoms with Gasteiger partial charge in [0.1, 0.15) is 23.9 Å². The number of ether oxygens (including phenoxy) is 1. The van der Waals surface area contributed by atoms with E-state index < -0.39 is 9.84 Å². The number of benzene rings is 1. The van der Waals surface area contributed by atoms with Crippen LogP contribution in [0.15, 0.2) is 45.7 Å². The monoisotopic (exact) mass is 309 g/mol. The van der Waals surface area contributed by atoms with Crippen LogP contribution in [0.2, 0.25) is 0 Å². The molecule has 0 unspecified atom stereocenters. The third-order valence-electron chi connectivity index (χ3n) is 2.90. The summed E-state index contributed by atoms with van der Waals surface area (Å²) < 4.78 is 33.9. The Hall–Kier alpha value is -1.79. The molecule has 5 nitrogen and oxygen atoms in total. The second-order valence-corrected chi connectivity index (χ2v) is 6.70. The van der Waals surface area contributed by atoms with Crippen LogP contribution >= 0.6 is 0 Å². The van der Waals surface area contributed by atoms with Crippen molar-refractivity contribution in [2.75, 3.05) is 12.8 Å². The van der Waals surface area contributed by atoms with Gasteiger partial charge < -0.3 is 14.5 Å². The summed E-state index contributed by atoms with van der Waals surface area (Å²) in [7, 11) is -3.17. The van der Waals surface area contributed by atoms with Crippen molar-refractivity contribution in [1.82, 2.24) is 5.32 Å². The van der Waals surface area contributed by atoms with Crippen LogP contribution in [0.1, 0.15) is 18.4 Å². The minimum Gasteiger partial charge on any atom is -0.486 e. The van der Waals surface area contributed by atoms with Gasteiger partial charge in [-0.15, -0.1) is 0 Å². The first-order chi connectivity index (χ1) is 9.99. The summed E-state index contributed by atoms with van der Waals surface area (Å²) in [6.07, 6.45) is 1.18. The molecule has 0 bridgehead atoms. The lowest BCUT2D eigenvalue weighted by Crippen LogP contribution is -2.10. The maximum Gasteiger partial charge on any atom is 0.175 e. The lowest BCUT2D eigenvalue weighted by atomic mass is 10.3. The molecule has 1 aromatic carbocycles. The van der Waals surface area contributed by atoms with Gasteiger partial charge in [0.25, 0.3) is 0 Å². The Morgan fingerprint density at radius 1 is 1.10 bits per heavy atom. The Bertz CT molecular complexity index is 674. The second-order valence-electron chi connectivity index (χ2n) is 4.68. The number of hydrogen-bond donors (Lipinski definition) is 1. The highest BCUT2D eigenvalue weighted by Gasteiger charge is 2.07. The van der Waals surface area contributed by atoms with Gasteiger partial charge in [-0.3, -0.25) is 0 Å². The predicted octanol–water partition coefficient (Wildman–Crippen LogP) is 2.37. The molecule has 2 aromatic rings. The first-order valence-electron chi connectivity index (χ1n) is 6.70. The topological polar surface area (TPSA) is 68.5 Å². The fourth-order valence-electron chi connectivity index (χ4n) is 1.78. The van der Waals surface area contributed by atoms with E-state index in [0.717, 1.165) is 18.1 Å². The van der Waals surface area contributed by atoms with Crippen molar-refractivity contribution in [1.29, 1.82) is 0 Å². The Morgan fingerprint density at radius 2 is 1.76 bits per heavy atom. The standard InChI is InChI=1S/C15H19NO4S/c1-3-16-10-13-4-5-14(20-13)11-19-12-6-8-15(9-7-12)21(2,17)18/h4-9,16H,3,10-11H2,1-2H3. The van der Waals surface area contributed by atoms with Crippen LogP contribution in [-0.2, 0) is 23.0 Å². The van der Waals surface area contributed by atoms with E-state index in [1.165, 1.54) is 18.4 Å². The zero-order valence-corrected chi connectivity index (χ0v) is 12.9. The van der Waals surface area contributed by atoms with Crippen molar-refractivity contribution in [3.63, 3.8) is 0 Å². The molecule has 0 aliphatic heterocycles. The van der Waals surface area contributed by atoms with Crippen LogP contribution in [0.4, 0.5) is 0 Å². The van der Waals surface area contributed by atoms with Gasteiger partial charge in [-0.25, -0.2) is 8.42 Å². The minimum absolute atomic E-state index is 0.278. The van der Waals surface area contributed by atoms with Gasteiger partial charge in [0.15, 0.2) is 9.84 Å². The molecule has 1 heterocycles. The highest BCUT2D eigenvalue weighted by molar-refractivity contribution is 7.90. The largest absolute Gasteiger partial charge is 0.486 e. The summed E-state index contributed by atoms with van der Waals surface area (Å²) in [5.74, 6) is 2.20. The normalized spacial score (nSPS) is 11.5. The number of rotatable bonds is 7. The number of sulfone groups is 1. The van der Waals surface area contributed by atoms with Crippen LogP contribution < -0.4 is 10.1 Å². The quantitative estimate of drug-likeness (QED) is 0.850. The molecule has 0 aliphatic carbocycles. The summed E-state index contributed by atoms with van der Waals surface area (Å²) >= 11 is 0. The van der Waals surface area contributed by atoms with Crippen molar-refractivity contribution < 1.29 is 17.6 Å². The molecular formula is C15H19NO4S. The predicted molar refractivity (Wildman–Crippen MR) is 80.0 cm³/mol. The molecule has 0 radical (unpaired) electrons. The first kappa shape index (κ1) is 15.6. The first-order valence-corrected chi connectivity index (χ1v) is 8.59. The van der Waals surface area contributed by atoms with Gasteiger partial charge in [-0.1, -0.05) is 6.92 Å². The third-order valence-corrected chi connectivity index (χ3v) is 4.03. The fourth-order valence-corrected chi connectivity index (χ4v) is 2.41. The molecule has 114 valence electrons. The maximum atomic E-state index is 11.4. The highest BCUT2D eigenvalue weighted by Crippen LogP contribution is 2.17. The van der Waals surface area contributed by atoms with E-state index in [0.29, 0.717) is 18.9 Å². The Balaban J connectivity index is 1.92. The Kier molecular flexibility index (Phi) is 5.03. The molecular weight excluding hydrogens is 290 g/mol. The summed E-state index contributed by atoms with van der Waals surface area (Å²) in [4.78, 5) is 0.278. The van der Waals surface area contributed by atoms with E-state index in [4.69, 9.17) is 9.15 Å². The van der Waals surface area contributed by atoms with Crippen molar-refractivity contribution in [3.8, 4) is 5.75 Å². The molecule has 21 heavy (non-hydrogen) atoms. The van der Waals surface area contributed by atoms with Crippen LogP contribution in [0, 0.1) is 0 Å². The van der Waals surface area contributed by atoms with Crippen LogP contribution in [-0.4, -0.2) is 21.2 Å². The van der Waals surface area contributed by atoms with E-state index >= 15 is 0 Å². The summed E-state index contributed by atoms with van der Waals surface area (Å²) in [5.41, 5.74) is 0. The second kappa shape index (κ2) is 6.78. The molecule has 2 rings (SSSR count). The zero-order chi connectivity index (χ0) is 15.3. The fraction of sp³-hybridized carbons (Fsp3) is 0.333. The lowest BCUT2D eigenvalue weighted by Gasteiger charge is -2.05. The average Bonchev–Trinajstić information content (AvgIpc) is 2.90. The minimum atomic E-state index is -3.17. The smallest absolute Gasteiger partial charge is 0.175 e. The van der Waals surface area contributed by atoms with Crippen molar-refractivity contribution >= 4 is 9.84 Å². The molecule has 6 heteroatoms.